The summed E-state index contributed by atoms with van der Waals surface area (Å²) < 4.78 is 21.6. The Balaban J connectivity index is 1.39. The van der Waals surface area contributed by atoms with Gasteiger partial charge in [0.1, 0.15) is 0 Å². The predicted octanol–water partition coefficient (Wildman–Crippen LogP) is 3.77. The Morgan fingerprint density at radius 1 is 1.15 bits per heavy atom. The molecule has 0 unspecified atom stereocenters. The topological polar surface area (TPSA) is 61.8 Å². The van der Waals surface area contributed by atoms with Crippen molar-refractivity contribution in [2.75, 3.05) is 13.9 Å². The van der Waals surface area contributed by atoms with Gasteiger partial charge in [-0.2, -0.15) is 0 Å². The lowest BCUT2D eigenvalue weighted by atomic mass is 10.0. The van der Waals surface area contributed by atoms with Crippen molar-refractivity contribution in [3.8, 4) is 17.4 Å². The molecule has 1 atom stereocenters. The molecule has 0 aliphatic carbocycles. The lowest BCUT2D eigenvalue weighted by Crippen LogP contribution is -2.20. The Kier molecular flexibility index (Phi) is 4.39. The second kappa shape index (κ2) is 7.00. The van der Waals surface area contributed by atoms with Crippen LogP contribution in [0.2, 0.25) is 0 Å². The average molecular weight is 352 g/mol. The quantitative estimate of drug-likeness (QED) is 0.884. The molecule has 1 aromatic carbocycles. The maximum atomic E-state index is 5.77. The molecule has 4 rings (SSSR count). The van der Waals surface area contributed by atoms with Crippen LogP contribution in [-0.2, 0) is 4.74 Å². The van der Waals surface area contributed by atoms with Crippen molar-refractivity contribution in [3.05, 3.63) is 65.9 Å². The summed E-state index contributed by atoms with van der Waals surface area (Å²) in [6.45, 7) is 2.34. The van der Waals surface area contributed by atoms with Crippen molar-refractivity contribution in [1.82, 2.24) is 10.3 Å². The molecule has 3 heterocycles. The molecule has 0 saturated carbocycles. The van der Waals surface area contributed by atoms with Crippen molar-refractivity contribution in [1.29, 1.82) is 0 Å². The first-order chi connectivity index (χ1) is 12.7. The Hall–Kier alpha value is -3.15. The van der Waals surface area contributed by atoms with Gasteiger partial charge in [-0.05, 0) is 48.3 Å². The van der Waals surface area contributed by atoms with E-state index in [1.54, 1.807) is 19.6 Å². The number of rotatable bonds is 5. The van der Waals surface area contributed by atoms with Crippen LogP contribution in [0, 0.1) is 0 Å². The molecule has 0 bridgehead atoms. The molecule has 134 valence electrons. The number of pyridine rings is 1. The van der Waals surface area contributed by atoms with E-state index in [-0.39, 0.29) is 12.8 Å². The van der Waals surface area contributed by atoms with Gasteiger partial charge in [-0.25, -0.2) is 4.98 Å². The fourth-order valence-electron chi connectivity index (χ4n) is 2.87. The van der Waals surface area contributed by atoms with E-state index in [0.717, 1.165) is 40.5 Å². The number of nitrogens with zero attached hydrogens (tertiary/aromatic N) is 1. The normalized spacial score (nSPS) is 16.2. The van der Waals surface area contributed by atoms with Crippen LogP contribution in [0.4, 0.5) is 0 Å². The lowest BCUT2D eigenvalue weighted by Gasteiger charge is -2.20. The zero-order valence-electron chi connectivity index (χ0n) is 14.7. The van der Waals surface area contributed by atoms with E-state index in [1.807, 2.05) is 36.4 Å². The third-order valence-corrected chi connectivity index (χ3v) is 4.41. The Morgan fingerprint density at radius 3 is 2.77 bits per heavy atom. The van der Waals surface area contributed by atoms with Crippen molar-refractivity contribution >= 4 is 5.57 Å². The Labute approximate surface area is 152 Å². The maximum absolute atomic E-state index is 5.77. The second-order valence-corrected chi connectivity index (χ2v) is 6.10. The van der Waals surface area contributed by atoms with E-state index < -0.39 is 0 Å². The highest BCUT2D eigenvalue weighted by atomic mass is 16.7. The number of nitrogens with one attached hydrogen (secondary N) is 1. The Morgan fingerprint density at radius 2 is 2.04 bits per heavy atom. The summed E-state index contributed by atoms with van der Waals surface area (Å²) in [7, 11) is 1.61. The van der Waals surface area contributed by atoms with Crippen LogP contribution in [0.15, 0.2) is 54.7 Å². The maximum Gasteiger partial charge on any atom is 0.231 e. The van der Waals surface area contributed by atoms with Crippen LogP contribution in [0.5, 0.6) is 17.4 Å². The van der Waals surface area contributed by atoms with Gasteiger partial charge in [-0.1, -0.05) is 12.1 Å². The molecule has 6 nitrogen and oxygen atoms in total. The minimum atomic E-state index is 0.0696. The minimum absolute atomic E-state index is 0.0696. The summed E-state index contributed by atoms with van der Waals surface area (Å²) in [5.41, 5.74) is 3.21. The molecule has 0 spiro atoms. The van der Waals surface area contributed by atoms with Crippen LogP contribution in [0.3, 0.4) is 0 Å². The molecule has 2 aromatic rings. The van der Waals surface area contributed by atoms with Gasteiger partial charge in [0, 0.05) is 12.3 Å². The molecule has 0 fully saturated rings. The highest BCUT2D eigenvalue weighted by Gasteiger charge is 2.17. The molecule has 26 heavy (non-hydrogen) atoms. The van der Waals surface area contributed by atoms with E-state index in [1.165, 1.54) is 0 Å². The van der Waals surface area contributed by atoms with Gasteiger partial charge in [0.15, 0.2) is 17.4 Å². The number of hydrogen-bond donors (Lipinski definition) is 1. The number of benzene rings is 1. The fourth-order valence-corrected chi connectivity index (χ4v) is 2.87. The summed E-state index contributed by atoms with van der Waals surface area (Å²) in [5, 5.41) is 3.36. The molecule has 1 aromatic heterocycles. The van der Waals surface area contributed by atoms with Crippen molar-refractivity contribution in [3.63, 3.8) is 0 Å². The SMILES string of the molecule is COc1ccc([C@H](C)NC2=CCC(c3ccc4c(c3)OCO4)=CO2)cn1. The predicted molar refractivity (Wildman–Crippen MR) is 96.7 cm³/mol. The summed E-state index contributed by atoms with van der Waals surface area (Å²) in [5.74, 6) is 2.89. The summed E-state index contributed by atoms with van der Waals surface area (Å²) in [4.78, 5) is 4.24. The molecule has 0 amide bonds. The number of hydrogen-bond acceptors (Lipinski definition) is 6. The smallest absolute Gasteiger partial charge is 0.231 e. The molecule has 2 aliphatic heterocycles. The van der Waals surface area contributed by atoms with Gasteiger partial charge in [-0.3, -0.25) is 0 Å². The highest BCUT2D eigenvalue weighted by molar-refractivity contribution is 5.69. The fraction of sp³-hybridized carbons (Fsp3) is 0.250. The Bertz CT molecular complexity index is 859. The molecule has 6 heteroatoms. The van der Waals surface area contributed by atoms with Gasteiger partial charge in [-0.15, -0.1) is 0 Å². The molecule has 1 N–H and O–H groups in total. The first kappa shape index (κ1) is 16.3. The van der Waals surface area contributed by atoms with Crippen LogP contribution in [-0.4, -0.2) is 18.9 Å². The molecule has 0 saturated heterocycles. The molecular formula is C20H20N2O4. The average Bonchev–Trinajstić information content (AvgIpc) is 3.16. The van der Waals surface area contributed by atoms with Gasteiger partial charge in [0.05, 0.1) is 19.4 Å². The standard InChI is InChI=1S/C20H20N2O4/c1-13(15-4-7-19(23-2)21-10-15)22-20-8-5-16(11-24-20)14-3-6-17-18(9-14)26-12-25-17/h3-4,6-11,13,22H,5,12H2,1-2H3/t13-/m0/s1. The van der Waals surface area contributed by atoms with Crippen molar-refractivity contribution in [2.45, 2.75) is 19.4 Å². The minimum Gasteiger partial charge on any atom is -0.481 e. The van der Waals surface area contributed by atoms with Gasteiger partial charge in [0.25, 0.3) is 0 Å². The monoisotopic (exact) mass is 352 g/mol. The molecule has 0 radical (unpaired) electrons. The van der Waals surface area contributed by atoms with Crippen molar-refractivity contribution in [2.24, 2.45) is 0 Å². The summed E-state index contributed by atoms with van der Waals surface area (Å²) in [6.07, 6.45) is 6.38. The van der Waals surface area contributed by atoms with Crippen molar-refractivity contribution < 1.29 is 18.9 Å². The van der Waals surface area contributed by atoms with E-state index in [0.29, 0.717) is 5.88 Å². The first-order valence-electron chi connectivity index (χ1n) is 8.45. The highest BCUT2D eigenvalue weighted by Crippen LogP contribution is 2.36. The van der Waals surface area contributed by atoms with E-state index in [9.17, 15) is 0 Å². The number of fused-ring (bicyclic) bond motifs is 1. The van der Waals surface area contributed by atoms with Crippen LogP contribution < -0.4 is 19.5 Å². The number of methoxy groups -OCH3 is 1. The van der Waals surface area contributed by atoms with Crippen LogP contribution >= 0.6 is 0 Å². The second-order valence-electron chi connectivity index (χ2n) is 6.10. The number of allylic oxidation sites excluding steroid dienone is 2. The van der Waals surface area contributed by atoms with Gasteiger partial charge >= 0.3 is 0 Å². The largest absolute Gasteiger partial charge is 0.481 e. The number of aromatic nitrogens is 1. The van der Waals surface area contributed by atoms with Gasteiger partial charge < -0.3 is 24.3 Å². The van der Waals surface area contributed by atoms with Crippen LogP contribution in [0.1, 0.15) is 30.5 Å². The third kappa shape index (κ3) is 3.31. The van der Waals surface area contributed by atoms with E-state index in [4.69, 9.17) is 18.9 Å². The van der Waals surface area contributed by atoms with Crippen LogP contribution in [0.25, 0.3) is 5.57 Å². The van der Waals surface area contributed by atoms with E-state index in [2.05, 4.69) is 17.2 Å². The number of ether oxygens (including phenoxy) is 4. The van der Waals surface area contributed by atoms with Gasteiger partial charge in [0.2, 0.25) is 12.7 Å². The van der Waals surface area contributed by atoms with E-state index >= 15 is 0 Å². The molecule has 2 aliphatic rings. The first-order valence-corrected chi connectivity index (χ1v) is 8.45. The molecular weight excluding hydrogens is 332 g/mol. The zero-order chi connectivity index (χ0) is 17.9. The summed E-state index contributed by atoms with van der Waals surface area (Å²) >= 11 is 0. The zero-order valence-corrected chi connectivity index (χ0v) is 14.7. The summed E-state index contributed by atoms with van der Waals surface area (Å²) in [6, 6.07) is 9.83. The lowest BCUT2D eigenvalue weighted by molar-refractivity contribution is 0.174. The third-order valence-electron chi connectivity index (χ3n) is 4.41.